The van der Waals surface area contributed by atoms with Gasteiger partial charge in [0.15, 0.2) is 5.16 Å². The molecule has 0 fully saturated rings. The van der Waals surface area contributed by atoms with Crippen LogP contribution in [0.25, 0.3) is 16.6 Å². The van der Waals surface area contributed by atoms with Gasteiger partial charge in [-0.3, -0.25) is 14.2 Å². The minimum atomic E-state index is -0.234. The van der Waals surface area contributed by atoms with Gasteiger partial charge in [-0.1, -0.05) is 48.5 Å². The van der Waals surface area contributed by atoms with Crippen LogP contribution in [0.15, 0.2) is 70.6 Å². The standard InChI is InChI=1S/C28H29N3O4S/c1-5-12-29-26(32)20-10-11-24-25(13-20)30-28(36-17-19-8-6-18(2)7-9-19)31(27(24)33)21-14-22(34-3)16-23(15-21)35-4/h6-11,13-16H,5,12,17H2,1-4H3,(H,29,32). The number of aryl methyl sites for hydroxylation is 1. The molecule has 0 aliphatic carbocycles. The molecule has 0 bridgehead atoms. The Balaban J connectivity index is 1.86. The second kappa shape index (κ2) is 11.3. The van der Waals surface area contributed by atoms with Crippen molar-refractivity contribution in [2.75, 3.05) is 20.8 Å². The Bertz CT molecular complexity index is 1430. The van der Waals surface area contributed by atoms with Gasteiger partial charge in [0.25, 0.3) is 11.5 Å². The van der Waals surface area contributed by atoms with Gasteiger partial charge in [0.2, 0.25) is 0 Å². The Hall–Kier alpha value is -3.78. The van der Waals surface area contributed by atoms with E-state index in [0.29, 0.717) is 51.1 Å². The maximum absolute atomic E-state index is 13.8. The van der Waals surface area contributed by atoms with Gasteiger partial charge >= 0.3 is 0 Å². The summed E-state index contributed by atoms with van der Waals surface area (Å²) in [6.45, 7) is 4.63. The van der Waals surface area contributed by atoms with Crippen molar-refractivity contribution in [2.24, 2.45) is 0 Å². The van der Waals surface area contributed by atoms with Crippen LogP contribution >= 0.6 is 11.8 Å². The number of carbonyl (C=O) groups excluding carboxylic acids is 1. The number of nitrogens with one attached hydrogen (secondary N) is 1. The van der Waals surface area contributed by atoms with Crippen LogP contribution in [0.5, 0.6) is 11.5 Å². The Morgan fingerprint density at radius 1 is 1.00 bits per heavy atom. The van der Waals surface area contributed by atoms with Crippen molar-refractivity contribution in [1.82, 2.24) is 14.9 Å². The molecule has 7 nitrogen and oxygen atoms in total. The van der Waals surface area contributed by atoms with Crippen LogP contribution in [0.3, 0.4) is 0 Å². The Kier molecular flexibility index (Phi) is 7.95. The first-order valence-electron chi connectivity index (χ1n) is 11.7. The third-order valence-corrected chi connectivity index (χ3v) is 6.73. The van der Waals surface area contributed by atoms with Gasteiger partial charge in [-0.15, -0.1) is 0 Å². The zero-order valence-electron chi connectivity index (χ0n) is 20.8. The third-order valence-electron chi connectivity index (χ3n) is 5.72. The zero-order chi connectivity index (χ0) is 25.7. The van der Waals surface area contributed by atoms with Crippen molar-refractivity contribution < 1.29 is 14.3 Å². The van der Waals surface area contributed by atoms with Crippen LogP contribution in [0.4, 0.5) is 0 Å². The number of nitrogens with zero attached hydrogens (tertiary/aromatic N) is 2. The number of benzene rings is 3. The lowest BCUT2D eigenvalue weighted by Gasteiger charge is -2.16. The number of thioether (sulfide) groups is 1. The molecule has 36 heavy (non-hydrogen) atoms. The number of carbonyl (C=O) groups is 1. The lowest BCUT2D eigenvalue weighted by Crippen LogP contribution is -2.25. The summed E-state index contributed by atoms with van der Waals surface area (Å²) in [5.41, 5.74) is 3.59. The molecule has 4 rings (SSSR count). The summed E-state index contributed by atoms with van der Waals surface area (Å²) in [6.07, 6.45) is 0.839. The molecular weight excluding hydrogens is 474 g/mol. The Morgan fingerprint density at radius 3 is 2.33 bits per heavy atom. The Morgan fingerprint density at radius 2 is 1.69 bits per heavy atom. The topological polar surface area (TPSA) is 82.5 Å². The first kappa shape index (κ1) is 25.3. The number of fused-ring (bicyclic) bond motifs is 1. The van der Waals surface area contributed by atoms with Crippen molar-refractivity contribution in [2.45, 2.75) is 31.2 Å². The highest BCUT2D eigenvalue weighted by atomic mass is 32.2. The Labute approximate surface area is 214 Å². The normalized spacial score (nSPS) is 10.9. The summed E-state index contributed by atoms with van der Waals surface area (Å²) < 4.78 is 12.4. The summed E-state index contributed by atoms with van der Waals surface area (Å²) >= 11 is 1.45. The molecule has 0 aliphatic rings. The number of hydrogen-bond acceptors (Lipinski definition) is 6. The first-order chi connectivity index (χ1) is 17.4. The predicted molar refractivity (Wildman–Crippen MR) is 144 cm³/mol. The van der Waals surface area contributed by atoms with Crippen LogP contribution in [-0.2, 0) is 5.75 Å². The van der Waals surface area contributed by atoms with Crippen molar-refractivity contribution in [3.05, 3.63) is 87.7 Å². The minimum Gasteiger partial charge on any atom is -0.497 e. The first-order valence-corrected chi connectivity index (χ1v) is 12.7. The zero-order valence-corrected chi connectivity index (χ0v) is 21.6. The minimum absolute atomic E-state index is 0.184. The largest absolute Gasteiger partial charge is 0.497 e. The molecule has 4 aromatic rings. The molecule has 0 spiro atoms. The molecule has 0 unspecified atom stereocenters. The van der Waals surface area contributed by atoms with E-state index in [1.807, 2.05) is 13.8 Å². The van der Waals surface area contributed by atoms with Gasteiger partial charge in [0.05, 0.1) is 30.8 Å². The lowest BCUT2D eigenvalue weighted by molar-refractivity contribution is 0.0953. The van der Waals surface area contributed by atoms with Gasteiger partial charge in [-0.25, -0.2) is 4.98 Å². The number of amides is 1. The second-order valence-corrected chi connectivity index (χ2v) is 9.31. The lowest BCUT2D eigenvalue weighted by atomic mass is 10.1. The number of aromatic nitrogens is 2. The summed E-state index contributed by atoms with van der Waals surface area (Å²) in [7, 11) is 3.14. The van der Waals surface area contributed by atoms with Crippen molar-refractivity contribution in [3.63, 3.8) is 0 Å². The van der Waals surface area contributed by atoms with E-state index in [-0.39, 0.29) is 11.5 Å². The highest BCUT2D eigenvalue weighted by Gasteiger charge is 2.17. The monoisotopic (exact) mass is 503 g/mol. The predicted octanol–water partition coefficient (Wildman–Crippen LogP) is 5.14. The smallest absolute Gasteiger partial charge is 0.266 e. The van der Waals surface area contributed by atoms with Gasteiger partial charge in [-0.05, 0) is 37.1 Å². The van der Waals surface area contributed by atoms with Crippen LogP contribution < -0.4 is 20.3 Å². The van der Waals surface area contributed by atoms with E-state index < -0.39 is 0 Å². The van der Waals surface area contributed by atoms with Crippen molar-refractivity contribution in [3.8, 4) is 17.2 Å². The maximum Gasteiger partial charge on any atom is 0.266 e. The number of ether oxygens (including phenoxy) is 2. The molecule has 1 amide bonds. The molecule has 0 radical (unpaired) electrons. The summed E-state index contributed by atoms with van der Waals surface area (Å²) in [5, 5.41) is 3.80. The fraction of sp³-hybridized carbons (Fsp3) is 0.250. The molecule has 1 aromatic heterocycles. The number of rotatable bonds is 9. The van der Waals surface area contributed by atoms with Gasteiger partial charge in [-0.2, -0.15) is 0 Å². The fourth-order valence-corrected chi connectivity index (χ4v) is 4.69. The molecular formula is C28H29N3O4S. The molecule has 8 heteroatoms. The molecule has 0 atom stereocenters. The van der Waals surface area contributed by atoms with E-state index in [4.69, 9.17) is 14.5 Å². The molecule has 1 heterocycles. The molecule has 3 aromatic carbocycles. The van der Waals surface area contributed by atoms with Crippen molar-refractivity contribution in [1.29, 1.82) is 0 Å². The van der Waals surface area contributed by atoms with E-state index >= 15 is 0 Å². The molecule has 0 saturated carbocycles. The van der Waals surface area contributed by atoms with Gasteiger partial charge in [0.1, 0.15) is 11.5 Å². The van der Waals surface area contributed by atoms with Crippen LogP contribution in [0.2, 0.25) is 0 Å². The number of methoxy groups -OCH3 is 2. The molecule has 0 saturated heterocycles. The highest BCUT2D eigenvalue weighted by molar-refractivity contribution is 7.98. The van der Waals surface area contributed by atoms with Gasteiger partial charge < -0.3 is 14.8 Å². The van der Waals surface area contributed by atoms with E-state index in [2.05, 4.69) is 29.6 Å². The molecule has 0 aliphatic heterocycles. The SMILES string of the molecule is CCCNC(=O)c1ccc2c(=O)n(-c3cc(OC)cc(OC)c3)c(SCc3ccc(C)cc3)nc2c1. The third kappa shape index (κ3) is 5.54. The maximum atomic E-state index is 13.8. The average molecular weight is 504 g/mol. The van der Waals surface area contributed by atoms with Crippen LogP contribution in [0, 0.1) is 6.92 Å². The summed E-state index contributed by atoms with van der Waals surface area (Å²) in [5.74, 6) is 1.56. The molecule has 1 N–H and O–H groups in total. The second-order valence-electron chi connectivity index (χ2n) is 8.37. The van der Waals surface area contributed by atoms with Crippen molar-refractivity contribution >= 4 is 28.6 Å². The van der Waals surface area contributed by atoms with E-state index in [9.17, 15) is 9.59 Å². The summed E-state index contributed by atoms with van der Waals surface area (Å²) in [6, 6.07) is 18.6. The van der Waals surface area contributed by atoms with Crippen LogP contribution in [-0.4, -0.2) is 36.2 Å². The molecule has 186 valence electrons. The van der Waals surface area contributed by atoms with E-state index in [1.165, 1.54) is 17.3 Å². The van der Waals surface area contributed by atoms with Crippen LogP contribution in [0.1, 0.15) is 34.8 Å². The highest BCUT2D eigenvalue weighted by Crippen LogP contribution is 2.29. The van der Waals surface area contributed by atoms with Gasteiger partial charge in [0, 0.05) is 36.1 Å². The average Bonchev–Trinajstić information content (AvgIpc) is 2.90. The quantitative estimate of drug-likeness (QED) is 0.251. The van der Waals surface area contributed by atoms with E-state index in [0.717, 1.165) is 12.0 Å². The fourth-order valence-electron chi connectivity index (χ4n) is 3.73. The summed E-state index contributed by atoms with van der Waals surface area (Å²) in [4.78, 5) is 31.2. The van der Waals surface area contributed by atoms with E-state index in [1.54, 1.807) is 55.2 Å². The number of hydrogen-bond donors (Lipinski definition) is 1.